The van der Waals surface area contributed by atoms with Gasteiger partial charge >= 0.3 is 0 Å². The number of benzene rings is 1. The fraction of sp³-hybridized carbons (Fsp3) is 0.600. The van der Waals surface area contributed by atoms with Gasteiger partial charge in [0.15, 0.2) is 0 Å². The predicted octanol–water partition coefficient (Wildman–Crippen LogP) is 1.46. The summed E-state index contributed by atoms with van der Waals surface area (Å²) in [6.45, 7) is 5.07. The summed E-state index contributed by atoms with van der Waals surface area (Å²) in [7, 11) is -1.83. The summed E-state index contributed by atoms with van der Waals surface area (Å²) < 4.78 is 26.3. The lowest BCUT2D eigenvalue weighted by Crippen LogP contribution is -2.35. The van der Waals surface area contributed by atoms with Crippen LogP contribution in [0.1, 0.15) is 31.4 Å². The first-order chi connectivity index (χ1) is 9.91. The molecular formula is C15H24N2O3S. The second-order valence-corrected chi connectivity index (χ2v) is 7.67. The fourth-order valence-corrected chi connectivity index (χ4v) is 3.67. The average molecular weight is 312 g/mol. The lowest BCUT2D eigenvalue weighted by Gasteiger charge is -2.21. The third kappa shape index (κ3) is 4.03. The van der Waals surface area contributed by atoms with Gasteiger partial charge in [0.05, 0.1) is 11.0 Å². The fourth-order valence-electron chi connectivity index (χ4n) is 2.51. The van der Waals surface area contributed by atoms with Crippen LogP contribution in [0.2, 0.25) is 0 Å². The van der Waals surface area contributed by atoms with Crippen molar-refractivity contribution >= 4 is 10.0 Å². The highest BCUT2D eigenvalue weighted by Crippen LogP contribution is 2.18. The van der Waals surface area contributed by atoms with Gasteiger partial charge in [-0.1, -0.05) is 12.1 Å². The van der Waals surface area contributed by atoms with E-state index < -0.39 is 16.1 Å². The largest absolute Gasteiger partial charge is 0.389 e. The van der Waals surface area contributed by atoms with Crippen molar-refractivity contribution < 1.29 is 13.5 Å². The number of likely N-dealkylation sites (tertiary alicyclic amines) is 1. The van der Waals surface area contributed by atoms with Gasteiger partial charge in [-0.2, -0.15) is 4.31 Å². The Morgan fingerprint density at radius 3 is 2.33 bits per heavy atom. The Bertz CT molecular complexity index is 549. The molecule has 1 heterocycles. The molecule has 0 spiro atoms. The van der Waals surface area contributed by atoms with E-state index >= 15 is 0 Å². The Kier molecular flexibility index (Phi) is 5.37. The van der Waals surface area contributed by atoms with E-state index in [0.29, 0.717) is 12.1 Å². The molecule has 0 amide bonds. The predicted molar refractivity (Wildman–Crippen MR) is 82.6 cm³/mol. The van der Waals surface area contributed by atoms with Crippen LogP contribution in [-0.2, 0) is 10.0 Å². The number of aliphatic hydroxyl groups is 1. The number of sulfonamides is 1. The van der Waals surface area contributed by atoms with Crippen LogP contribution in [0.25, 0.3) is 0 Å². The van der Waals surface area contributed by atoms with E-state index in [1.54, 1.807) is 38.2 Å². The van der Waals surface area contributed by atoms with Gasteiger partial charge in [-0.3, -0.25) is 0 Å². The maximum absolute atomic E-state index is 12.5. The van der Waals surface area contributed by atoms with Gasteiger partial charge in [0, 0.05) is 20.1 Å². The summed E-state index contributed by atoms with van der Waals surface area (Å²) >= 11 is 0. The van der Waals surface area contributed by atoms with Gasteiger partial charge in [0.25, 0.3) is 0 Å². The Hall–Kier alpha value is -0.950. The average Bonchev–Trinajstić information content (AvgIpc) is 2.98. The molecule has 2 rings (SSSR count). The molecule has 0 radical (unpaired) electrons. The molecule has 1 fully saturated rings. The molecule has 1 saturated heterocycles. The van der Waals surface area contributed by atoms with E-state index in [-0.39, 0.29) is 4.90 Å². The lowest BCUT2D eigenvalue weighted by atomic mass is 10.1. The first kappa shape index (κ1) is 16.4. The summed E-state index contributed by atoms with van der Waals surface area (Å²) in [6.07, 6.45) is 1.82. The second-order valence-electron chi connectivity index (χ2n) is 5.62. The van der Waals surface area contributed by atoms with Gasteiger partial charge in [-0.25, -0.2) is 8.42 Å². The van der Waals surface area contributed by atoms with Crippen molar-refractivity contribution in [2.75, 3.05) is 33.2 Å². The van der Waals surface area contributed by atoms with Gasteiger partial charge in [0.2, 0.25) is 10.0 Å². The first-order valence-corrected chi connectivity index (χ1v) is 8.82. The van der Waals surface area contributed by atoms with Crippen LogP contribution in [0.3, 0.4) is 0 Å². The quantitative estimate of drug-likeness (QED) is 0.864. The maximum Gasteiger partial charge on any atom is 0.242 e. The van der Waals surface area contributed by atoms with Crippen molar-refractivity contribution in [3.05, 3.63) is 29.8 Å². The minimum atomic E-state index is -3.45. The molecule has 1 N–H and O–H groups in total. The molecule has 1 aliphatic heterocycles. The van der Waals surface area contributed by atoms with Crippen LogP contribution >= 0.6 is 0 Å². The van der Waals surface area contributed by atoms with E-state index in [4.69, 9.17) is 0 Å². The molecule has 0 bridgehead atoms. The zero-order chi connectivity index (χ0) is 15.5. The van der Waals surface area contributed by atoms with Crippen molar-refractivity contribution in [1.29, 1.82) is 0 Å². The normalized spacial score (nSPS) is 18.3. The summed E-state index contributed by atoms with van der Waals surface area (Å²) in [5.41, 5.74) is 0.716. The summed E-state index contributed by atoms with van der Waals surface area (Å²) in [5.74, 6) is 0. The molecule has 0 aliphatic carbocycles. The SMILES string of the molecule is CC(O)c1ccc(S(=O)(=O)N(C)CCN2CCCC2)cc1. The van der Waals surface area contributed by atoms with Gasteiger partial charge in [0.1, 0.15) is 0 Å². The highest BCUT2D eigenvalue weighted by molar-refractivity contribution is 7.89. The van der Waals surface area contributed by atoms with Crippen molar-refractivity contribution in [3.8, 4) is 0 Å². The zero-order valence-corrected chi connectivity index (χ0v) is 13.5. The van der Waals surface area contributed by atoms with Crippen LogP contribution < -0.4 is 0 Å². The number of hydrogen-bond donors (Lipinski definition) is 1. The van der Waals surface area contributed by atoms with Crippen LogP contribution in [0, 0.1) is 0 Å². The minimum Gasteiger partial charge on any atom is -0.389 e. The molecule has 1 aromatic rings. The number of aliphatic hydroxyl groups excluding tert-OH is 1. The Labute approximate surface area is 127 Å². The van der Waals surface area contributed by atoms with Crippen LogP contribution in [0.15, 0.2) is 29.2 Å². The van der Waals surface area contributed by atoms with Gasteiger partial charge in [-0.05, 0) is 50.6 Å². The summed E-state index contributed by atoms with van der Waals surface area (Å²) in [6, 6.07) is 6.44. The van der Waals surface area contributed by atoms with Crippen LogP contribution in [0.5, 0.6) is 0 Å². The van der Waals surface area contributed by atoms with Crippen molar-refractivity contribution in [2.24, 2.45) is 0 Å². The van der Waals surface area contributed by atoms with E-state index in [2.05, 4.69) is 4.90 Å². The topological polar surface area (TPSA) is 60.9 Å². The van der Waals surface area contributed by atoms with Crippen molar-refractivity contribution in [1.82, 2.24) is 9.21 Å². The van der Waals surface area contributed by atoms with Crippen LogP contribution in [0.4, 0.5) is 0 Å². The monoisotopic (exact) mass is 312 g/mol. The Morgan fingerprint density at radius 2 is 1.81 bits per heavy atom. The molecule has 118 valence electrons. The summed E-state index contributed by atoms with van der Waals surface area (Å²) in [4.78, 5) is 2.57. The molecule has 0 saturated carbocycles. The summed E-state index contributed by atoms with van der Waals surface area (Å²) in [5, 5.41) is 9.47. The van der Waals surface area contributed by atoms with E-state index in [1.807, 2.05) is 0 Å². The number of hydrogen-bond acceptors (Lipinski definition) is 4. The molecule has 6 heteroatoms. The zero-order valence-electron chi connectivity index (χ0n) is 12.7. The lowest BCUT2D eigenvalue weighted by molar-refractivity contribution is 0.199. The van der Waals surface area contributed by atoms with Crippen molar-refractivity contribution in [2.45, 2.75) is 30.8 Å². The number of rotatable bonds is 6. The number of likely N-dealkylation sites (N-methyl/N-ethyl adjacent to an activating group) is 1. The standard InChI is InChI=1S/C15H24N2O3S/c1-13(18)14-5-7-15(8-6-14)21(19,20)16(2)11-12-17-9-3-4-10-17/h5-8,13,18H,3-4,9-12H2,1-2H3. The first-order valence-electron chi connectivity index (χ1n) is 7.38. The molecule has 1 aromatic carbocycles. The number of nitrogens with zero attached hydrogens (tertiary/aromatic N) is 2. The molecule has 0 aromatic heterocycles. The smallest absolute Gasteiger partial charge is 0.242 e. The third-order valence-electron chi connectivity index (χ3n) is 4.00. The highest BCUT2D eigenvalue weighted by atomic mass is 32.2. The molecule has 1 aliphatic rings. The Morgan fingerprint density at radius 1 is 1.24 bits per heavy atom. The van der Waals surface area contributed by atoms with Gasteiger partial charge in [-0.15, -0.1) is 0 Å². The van der Waals surface area contributed by atoms with E-state index in [1.165, 1.54) is 17.1 Å². The van der Waals surface area contributed by atoms with Crippen molar-refractivity contribution in [3.63, 3.8) is 0 Å². The maximum atomic E-state index is 12.5. The molecule has 1 atom stereocenters. The molecule has 1 unspecified atom stereocenters. The van der Waals surface area contributed by atoms with E-state index in [0.717, 1.165) is 19.6 Å². The molecule has 5 nitrogen and oxygen atoms in total. The minimum absolute atomic E-state index is 0.274. The third-order valence-corrected chi connectivity index (χ3v) is 5.87. The highest BCUT2D eigenvalue weighted by Gasteiger charge is 2.22. The van der Waals surface area contributed by atoms with E-state index in [9.17, 15) is 13.5 Å². The molecule has 21 heavy (non-hydrogen) atoms. The van der Waals surface area contributed by atoms with Gasteiger partial charge < -0.3 is 10.0 Å². The molecular weight excluding hydrogens is 288 g/mol. The Balaban J connectivity index is 2.01. The van der Waals surface area contributed by atoms with Crippen LogP contribution in [-0.4, -0.2) is 56.0 Å². The second kappa shape index (κ2) is 6.87.